The van der Waals surface area contributed by atoms with Gasteiger partial charge in [-0.15, -0.1) is 0 Å². The molecular formula is C17H24N4O2S2. The maximum atomic E-state index is 11.8. The minimum Gasteiger partial charge on any atom is -0.303 e. The van der Waals surface area contributed by atoms with Crippen LogP contribution in [0.1, 0.15) is 18.9 Å². The van der Waals surface area contributed by atoms with E-state index in [4.69, 9.17) is 17.3 Å². The van der Waals surface area contributed by atoms with E-state index < -0.39 is 9.84 Å². The molecule has 1 aromatic carbocycles. The average Bonchev–Trinajstić information content (AvgIpc) is 3.07. The van der Waals surface area contributed by atoms with E-state index in [1.807, 2.05) is 36.7 Å². The number of benzene rings is 1. The highest BCUT2D eigenvalue weighted by Crippen LogP contribution is 2.22. The van der Waals surface area contributed by atoms with E-state index in [-0.39, 0.29) is 17.5 Å². The van der Waals surface area contributed by atoms with Crippen LogP contribution in [0.4, 0.5) is 0 Å². The van der Waals surface area contributed by atoms with E-state index in [1.54, 1.807) is 4.68 Å². The number of aromatic nitrogens is 3. The Morgan fingerprint density at radius 2 is 2.08 bits per heavy atom. The summed E-state index contributed by atoms with van der Waals surface area (Å²) in [5, 5.41) is 4.72. The molecule has 25 heavy (non-hydrogen) atoms. The average molecular weight is 381 g/mol. The summed E-state index contributed by atoms with van der Waals surface area (Å²) in [7, 11) is -0.987. The number of nitrogens with zero attached hydrogens (tertiary/aromatic N) is 4. The molecular weight excluding hydrogens is 356 g/mol. The van der Waals surface area contributed by atoms with E-state index in [0.29, 0.717) is 17.9 Å². The molecule has 0 bridgehead atoms. The van der Waals surface area contributed by atoms with Gasteiger partial charge in [-0.25, -0.2) is 13.1 Å². The van der Waals surface area contributed by atoms with E-state index in [1.165, 1.54) is 0 Å². The zero-order valence-corrected chi connectivity index (χ0v) is 16.5. The fourth-order valence-electron chi connectivity index (χ4n) is 3.35. The number of aryl methyl sites for hydroxylation is 1. The van der Waals surface area contributed by atoms with Crippen molar-refractivity contribution in [1.29, 1.82) is 0 Å². The predicted molar refractivity (Wildman–Crippen MR) is 102 cm³/mol. The Kier molecular flexibility index (Phi) is 5.13. The minimum atomic E-state index is -2.91. The fourth-order valence-corrected chi connectivity index (χ4v) is 5.29. The van der Waals surface area contributed by atoms with Crippen LogP contribution in [-0.4, -0.2) is 51.8 Å². The van der Waals surface area contributed by atoms with Crippen molar-refractivity contribution >= 4 is 22.1 Å². The van der Waals surface area contributed by atoms with Gasteiger partial charge < -0.3 is 4.57 Å². The smallest absolute Gasteiger partial charge is 0.199 e. The van der Waals surface area contributed by atoms with Crippen molar-refractivity contribution < 1.29 is 8.42 Å². The van der Waals surface area contributed by atoms with Crippen LogP contribution in [0.2, 0.25) is 0 Å². The van der Waals surface area contributed by atoms with Crippen LogP contribution < -0.4 is 0 Å². The maximum absolute atomic E-state index is 11.8. The Morgan fingerprint density at radius 3 is 2.68 bits per heavy atom. The molecule has 2 heterocycles. The van der Waals surface area contributed by atoms with E-state index >= 15 is 0 Å². The molecule has 0 amide bonds. The van der Waals surface area contributed by atoms with Crippen LogP contribution in [0.25, 0.3) is 11.4 Å². The molecule has 0 aliphatic carbocycles. The highest BCUT2D eigenvalue weighted by atomic mass is 32.2. The van der Waals surface area contributed by atoms with Crippen molar-refractivity contribution in [2.75, 3.05) is 18.1 Å². The molecule has 0 radical (unpaired) electrons. The lowest BCUT2D eigenvalue weighted by atomic mass is 10.1. The first-order valence-electron chi connectivity index (χ1n) is 8.46. The number of rotatable bonds is 5. The van der Waals surface area contributed by atoms with Crippen LogP contribution in [-0.2, 0) is 23.6 Å². The van der Waals surface area contributed by atoms with Crippen molar-refractivity contribution in [1.82, 2.24) is 19.2 Å². The van der Waals surface area contributed by atoms with E-state index in [0.717, 1.165) is 23.5 Å². The molecule has 8 heteroatoms. The number of hydrogen-bond acceptors (Lipinski definition) is 5. The number of hydrogen-bond donors (Lipinski definition) is 0. The molecule has 0 spiro atoms. The van der Waals surface area contributed by atoms with Crippen molar-refractivity contribution in [3.05, 3.63) is 34.6 Å². The van der Waals surface area contributed by atoms with Gasteiger partial charge in [-0.05, 0) is 37.7 Å². The molecule has 1 atom stereocenters. The Bertz CT molecular complexity index is 930. The maximum Gasteiger partial charge on any atom is 0.199 e. The minimum absolute atomic E-state index is 0.0424. The molecule has 1 aliphatic rings. The lowest BCUT2D eigenvalue weighted by Crippen LogP contribution is -2.37. The molecule has 2 aromatic rings. The SMILES string of the molecule is CCN(Cn1nc(-c2ccccc2C)n(C)c1=S)[C@@H]1CCS(=O)(=O)C1. The second-order valence-electron chi connectivity index (χ2n) is 6.58. The van der Waals surface area contributed by atoms with Gasteiger partial charge in [0.2, 0.25) is 0 Å². The first kappa shape index (κ1) is 18.3. The summed E-state index contributed by atoms with van der Waals surface area (Å²) < 4.78 is 27.9. The van der Waals surface area contributed by atoms with Crippen molar-refractivity contribution in [3.8, 4) is 11.4 Å². The van der Waals surface area contributed by atoms with Gasteiger partial charge >= 0.3 is 0 Å². The summed E-state index contributed by atoms with van der Waals surface area (Å²) in [6, 6.07) is 8.13. The topological polar surface area (TPSA) is 60.1 Å². The van der Waals surface area contributed by atoms with Crippen LogP contribution in [0.3, 0.4) is 0 Å². The van der Waals surface area contributed by atoms with Gasteiger partial charge in [0.25, 0.3) is 0 Å². The quantitative estimate of drug-likeness (QED) is 0.746. The molecule has 1 aromatic heterocycles. The highest BCUT2D eigenvalue weighted by Gasteiger charge is 2.32. The van der Waals surface area contributed by atoms with Gasteiger partial charge in [-0.3, -0.25) is 4.90 Å². The highest BCUT2D eigenvalue weighted by molar-refractivity contribution is 7.91. The van der Waals surface area contributed by atoms with Crippen LogP contribution in [0.5, 0.6) is 0 Å². The first-order chi connectivity index (χ1) is 11.8. The molecule has 1 saturated heterocycles. The van der Waals surface area contributed by atoms with Crippen molar-refractivity contribution in [2.45, 2.75) is 33.0 Å². The van der Waals surface area contributed by atoms with Gasteiger partial charge in [0.05, 0.1) is 18.2 Å². The third kappa shape index (κ3) is 3.70. The second-order valence-corrected chi connectivity index (χ2v) is 9.18. The molecule has 1 aliphatic heterocycles. The Labute approximate surface area is 154 Å². The fraction of sp³-hybridized carbons (Fsp3) is 0.529. The number of sulfone groups is 1. The zero-order chi connectivity index (χ0) is 18.2. The lowest BCUT2D eigenvalue weighted by molar-refractivity contribution is 0.164. The van der Waals surface area contributed by atoms with Crippen LogP contribution in [0.15, 0.2) is 24.3 Å². The summed E-state index contributed by atoms with van der Waals surface area (Å²) in [5.74, 6) is 1.33. The molecule has 0 N–H and O–H groups in total. The van der Waals surface area contributed by atoms with Gasteiger partial charge in [0, 0.05) is 18.7 Å². The van der Waals surface area contributed by atoms with E-state index in [2.05, 4.69) is 17.9 Å². The van der Waals surface area contributed by atoms with Gasteiger partial charge in [-0.1, -0.05) is 31.2 Å². The largest absolute Gasteiger partial charge is 0.303 e. The van der Waals surface area contributed by atoms with Crippen LogP contribution >= 0.6 is 12.2 Å². The van der Waals surface area contributed by atoms with Gasteiger partial charge in [0.15, 0.2) is 20.4 Å². The normalized spacial score (nSPS) is 19.6. The van der Waals surface area contributed by atoms with Crippen LogP contribution in [0, 0.1) is 11.7 Å². The summed E-state index contributed by atoms with van der Waals surface area (Å²) in [5.41, 5.74) is 2.20. The van der Waals surface area contributed by atoms with Gasteiger partial charge in [0.1, 0.15) is 0 Å². The monoisotopic (exact) mass is 380 g/mol. The van der Waals surface area contributed by atoms with Crippen molar-refractivity contribution in [3.63, 3.8) is 0 Å². The summed E-state index contributed by atoms with van der Waals surface area (Å²) in [4.78, 5) is 2.15. The molecule has 136 valence electrons. The predicted octanol–water partition coefficient (Wildman–Crippen LogP) is 2.39. The third-order valence-electron chi connectivity index (χ3n) is 4.87. The Balaban J connectivity index is 1.90. The third-order valence-corrected chi connectivity index (χ3v) is 7.11. The Morgan fingerprint density at radius 1 is 1.36 bits per heavy atom. The molecule has 3 rings (SSSR count). The van der Waals surface area contributed by atoms with Crippen molar-refractivity contribution in [2.24, 2.45) is 7.05 Å². The lowest BCUT2D eigenvalue weighted by Gasteiger charge is -2.25. The Hall–Kier alpha value is -1.51. The zero-order valence-electron chi connectivity index (χ0n) is 14.8. The summed E-state index contributed by atoms with van der Waals surface area (Å²) >= 11 is 5.56. The molecule has 0 unspecified atom stereocenters. The molecule has 1 fully saturated rings. The first-order valence-corrected chi connectivity index (χ1v) is 10.7. The molecule has 0 saturated carbocycles. The molecule has 6 nitrogen and oxygen atoms in total. The standard InChI is InChI=1S/C17H24N4O2S2/c1-4-20(14-9-10-25(22,23)11-14)12-21-17(24)19(3)16(18-21)15-8-6-5-7-13(15)2/h5-8,14H,4,9-12H2,1-3H3/t14-/m1/s1. The second kappa shape index (κ2) is 7.01. The summed E-state index contributed by atoms with van der Waals surface area (Å²) in [6.45, 7) is 5.37. The van der Waals surface area contributed by atoms with Gasteiger partial charge in [-0.2, -0.15) is 5.10 Å². The van der Waals surface area contributed by atoms with E-state index in [9.17, 15) is 8.42 Å². The summed E-state index contributed by atoms with van der Waals surface area (Å²) in [6.07, 6.45) is 0.682.